The van der Waals surface area contributed by atoms with E-state index in [1.807, 2.05) is 0 Å². The number of carbonyl (C=O) groups is 1. The lowest BCUT2D eigenvalue weighted by Crippen LogP contribution is -2.46. The van der Waals surface area contributed by atoms with E-state index < -0.39 is 10.0 Å². The summed E-state index contributed by atoms with van der Waals surface area (Å²) in [6.07, 6.45) is 6.90. The molecule has 1 aliphatic carbocycles. The minimum atomic E-state index is -3.69. The number of carbonyl (C=O) groups excluding carboxylic acids is 1. The number of likely N-dealkylation sites (N-methyl/N-ethyl adjacent to an activating group) is 1. The molecule has 0 saturated heterocycles. The van der Waals surface area contributed by atoms with Crippen LogP contribution >= 0.6 is 0 Å². The molecule has 7 nitrogen and oxygen atoms in total. The van der Waals surface area contributed by atoms with Crippen molar-refractivity contribution in [3.05, 3.63) is 12.5 Å². The lowest BCUT2D eigenvalue weighted by Gasteiger charge is -2.30. The minimum absolute atomic E-state index is 0.0103. The number of nitrogens with zero attached hydrogens (tertiary/aromatic N) is 2. The van der Waals surface area contributed by atoms with Crippen molar-refractivity contribution in [2.75, 3.05) is 13.6 Å². The molecule has 1 aromatic heterocycles. The second kappa shape index (κ2) is 6.57. The van der Waals surface area contributed by atoms with E-state index in [0.717, 1.165) is 23.6 Å². The van der Waals surface area contributed by atoms with E-state index in [2.05, 4.69) is 22.2 Å². The molecular weight excluding hydrogens is 292 g/mol. The average Bonchev–Trinajstić information content (AvgIpc) is 2.96. The second-order valence-corrected chi connectivity index (χ2v) is 7.63. The van der Waals surface area contributed by atoms with Gasteiger partial charge >= 0.3 is 0 Å². The van der Waals surface area contributed by atoms with Crippen molar-refractivity contribution >= 4 is 15.9 Å². The number of nitrogens with one attached hydrogen (secondary N) is 2. The normalized spacial score (nSPS) is 23.2. The van der Waals surface area contributed by atoms with Crippen LogP contribution < -0.4 is 5.32 Å². The summed E-state index contributed by atoms with van der Waals surface area (Å²) in [6, 6.07) is 0.148. The monoisotopic (exact) mass is 314 g/mol. The number of rotatable bonds is 5. The number of aromatic amines is 1. The van der Waals surface area contributed by atoms with E-state index >= 15 is 0 Å². The maximum atomic E-state index is 12.2. The van der Waals surface area contributed by atoms with E-state index in [-0.39, 0.29) is 23.5 Å². The standard InChI is InChI=1S/C13H22N4O3S/c1-10-5-3-4-6-11(10)16-12(18)8-17(2)21(19,20)13-7-14-9-15-13/h7,9-11H,3-6,8H2,1-2H3,(H,14,15)(H,16,18)/t10-,11-/m0/s1. The first-order chi connectivity index (χ1) is 9.91. The molecule has 1 saturated carbocycles. The van der Waals surface area contributed by atoms with E-state index in [9.17, 15) is 13.2 Å². The SMILES string of the molecule is C[C@H]1CCCC[C@@H]1NC(=O)CN(C)S(=O)(=O)c1cnc[nH]1. The summed E-state index contributed by atoms with van der Waals surface area (Å²) in [7, 11) is -2.30. The Morgan fingerprint density at radius 2 is 2.19 bits per heavy atom. The number of aromatic nitrogens is 2. The maximum Gasteiger partial charge on any atom is 0.260 e. The number of H-pyrrole nitrogens is 1. The third kappa shape index (κ3) is 3.82. The van der Waals surface area contributed by atoms with E-state index in [1.54, 1.807) is 0 Å². The summed E-state index contributed by atoms with van der Waals surface area (Å²) in [5, 5.41) is 2.94. The highest BCUT2D eigenvalue weighted by atomic mass is 32.2. The van der Waals surface area contributed by atoms with Gasteiger partial charge in [-0.3, -0.25) is 4.79 Å². The molecule has 0 spiro atoms. The Balaban J connectivity index is 1.93. The molecule has 1 fully saturated rings. The highest BCUT2D eigenvalue weighted by Gasteiger charge is 2.27. The van der Waals surface area contributed by atoms with Gasteiger partial charge in [0, 0.05) is 13.1 Å². The molecule has 0 aliphatic heterocycles. The third-order valence-electron chi connectivity index (χ3n) is 3.99. The molecule has 0 aromatic carbocycles. The zero-order chi connectivity index (χ0) is 15.5. The van der Waals surface area contributed by atoms with Gasteiger partial charge in [-0.05, 0) is 18.8 Å². The van der Waals surface area contributed by atoms with Crippen molar-refractivity contribution in [1.82, 2.24) is 19.6 Å². The zero-order valence-corrected chi connectivity index (χ0v) is 13.2. The fourth-order valence-electron chi connectivity index (χ4n) is 2.62. The zero-order valence-electron chi connectivity index (χ0n) is 12.4. The van der Waals surface area contributed by atoms with Crippen molar-refractivity contribution in [3.63, 3.8) is 0 Å². The van der Waals surface area contributed by atoms with Crippen molar-refractivity contribution in [3.8, 4) is 0 Å². The highest BCUT2D eigenvalue weighted by Crippen LogP contribution is 2.23. The second-order valence-electron chi connectivity index (χ2n) is 5.61. The van der Waals surface area contributed by atoms with Crippen LogP contribution in [0.15, 0.2) is 17.6 Å². The molecule has 1 amide bonds. The minimum Gasteiger partial charge on any atom is -0.352 e. The maximum absolute atomic E-state index is 12.2. The van der Waals surface area contributed by atoms with Crippen LogP contribution in [0, 0.1) is 5.92 Å². The number of amides is 1. The lowest BCUT2D eigenvalue weighted by molar-refractivity contribution is -0.122. The molecule has 0 unspecified atom stereocenters. The van der Waals surface area contributed by atoms with Gasteiger partial charge in [0.2, 0.25) is 5.91 Å². The van der Waals surface area contributed by atoms with Crippen LogP contribution in [-0.2, 0) is 14.8 Å². The molecule has 1 heterocycles. The van der Waals surface area contributed by atoms with Gasteiger partial charge in [-0.15, -0.1) is 0 Å². The Labute approximate surface area is 125 Å². The highest BCUT2D eigenvalue weighted by molar-refractivity contribution is 7.89. The van der Waals surface area contributed by atoms with Crippen LogP contribution in [0.4, 0.5) is 0 Å². The van der Waals surface area contributed by atoms with Crippen LogP contribution in [0.3, 0.4) is 0 Å². The fourth-order valence-corrected chi connectivity index (χ4v) is 3.64. The molecule has 2 atom stereocenters. The molecule has 1 aromatic rings. The van der Waals surface area contributed by atoms with Gasteiger partial charge in [-0.1, -0.05) is 19.8 Å². The predicted octanol–water partition coefficient (Wildman–Crippen LogP) is 0.725. The Morgan fingerprint density at radius 3 is 2.81 bits per heavy atom. The Bertz CT molecular complexity index is 570. The summed E-state index contributed by atoms with van der Waals surface area (Å²) >= 11 is 0. The van der Waals surface area contributed by atoms with Crippen molar-refractivity contribution in [1.29, 1.82) is 0 Å². The van der Waals surface area contributed by atoms with Crippen LogP contribution in [-0.4, -0.2) is 48.2 Å². The van der Waals surface area contributed by atoms with Crippen molar-refractivity contribution in [2.24, 2.45) is 5.92 Å². The van der Waals surface area contributed by atoms with Crippen LogP contribution in [0.2, 0.25) is 0 Å². The largest absolute Gasteiger partial charge is 0.352 e. The average molecular weight is 314 g/mol. The summed E-state index contributed by atoms with van der Waals surface area (Å²) in [6.45, 7) is 1.93. The summed E-state index contributed by atoms with van der Waals surface area (Å²) in [5.41, 5.74) is 0. The third-order valence-corrected chi connectivity index (χ3v) is 5.71. The topological polar surface area (TPSA) is 95.2 Å². The van der Waals surface area contributed by atoms with Crippen LogP contribution in [0.1, 0.15) is 32.6 Å². The summed E-state index contributed by atoms with van der Waals surface area (Å²) < 4.78 is 25.4. The Morgan fingerprint density at radius 1 is 1.48 bits per heavy atom. The quantitative estimate of drug-likeness (QED) is 0.837. The van der Waals surface area contributed by atoms with Gasteiger partial charge in [0.15, 0.2) is 5.03 Å². The van der Waals surface area contributed by atoms with Gasteiger partial charge in [-0.2, -0.15) is 4.31 Å². The Hall–Kier alpha value is -1.41. The van der Waals surface area contributed by atoms with Crippen molar-refractivity contribution in [2.45, 2.75) is 43.7 Å². The predicted molar refractivity (Wildman–Crippen MR) is 78.0 cm³/mol. The molecule has 0 bridgehead atoms. The molecule has 118 valence electrons. The Kier molecular flexibility index (Phi) is 5.00. The molecule has 21 heavy (non-hydrogen) atoms. The number of hydrogen-bond acceptors (Lipinski definition) is 4. The number of sulfonamides is 1. The first-order valence-electron chi connectivity index (χ1n) is 7.15. The summed E-state index contributed by atoms with van der Waals surface area (Å²) in [5.74, 6) is 0.177. The number of imidazole rings is 1. The molecule has 0 radical (unpaired) electrons. The summed E-state index contributed by atoms with van der Waals surface area (Å²) in [4.78, 5) is 18.3. The van der Waals surface area contributed by atoms with E-state index in [4.69, 9.17) is 0 Å². The molecule has 8 heteroatoms. The van der Waals surface area contributed by atoms with Crippen LogP contribution in [0.25, 0.3) is 0 Å². The van der Waals surface area contributed by atoms with Crippen molar-refractivity contribution < 1.29 is 13.2 Å². The van der Waals surface area contributed by atoms with Crippen LogP contribution in [0.5, 0.6) is 0 Å². The lowest BCUT2D eigenvalue weighted by atomic mass is 9.86. The van der Waals surface area contributed by atoms with E-state index in [0.29, 0.717) is 5.92 Å². The molecule has 2 N–H and O–H groups in total. The number of hydrogen-bond donors (Lipinski definition) is 2. The molecule has 1 aliphatic rings. The van der Waals surface area contributed by atoms with Gasteiger partial charge < -0.3 is 10.3 Å². The molecule has 2 rings (SSSR count). The fraction of sp³-hybridized carbons (Fsp3) is 0.692. The van der Waals surface area contributed by atoms with Gasteiger partial charge in [-0.25, -0.2) is 13.4 Å². The van der Waals surface area contributed by atoms with Gasteiger partial charge in [0.25, 0.3) is 10.0 Å². The first kappa shape index (κ1) is 16.0. The van der Waals surface area contributed by atoms with Gasteiger partial charge in [0.05, 0.1) is 19.1 Å². The van der Waals surface area contributed by atoms with E-state index in [1.165, 1.54) is 26.0 Å². The smallest absolute Gasteiger partial charge is 0.260 e. The van der Waals surface area contributed by atoms with Gasteiger partial charge in [0.1, 0.15) is 0 Å². The first-order valence-corrected chi connectivity index (χ1v) is 8.59. The molecular formula is C13H22N4O3S.